The smallest absolute Gasteiger partial charge is 0.235 e. The second kappa shape index (κ2) is 6.21. The Balaban J connectivity index is 1.91. The molecule has 2 aromatic rings. The van der Waals surface area contributed by atoms with E-state index in [1.165, 1.54) is 5.56 Å². The predicted octanol–water partition coefficient (Wildman–Crippen LogP) is 1.79. The number of carbonyl (C=O) groups excluding carboxylic acids is 1. The molecule has 0 saturated carbocycles. The second-order valence-corrected chi connectivity index (χ2v) is 4.23. The molecule has 0 bridgehead atoms. The van der Waals surface area contributed by atoms with Gasteiger partial charge in [-0.1, -0.05) is 24.3 Å². The van der Waals surface area contributed by atoms with Gasteiger partial charge in [-0.05, 0) is 11.1 Å². The Labute approximate surface area is 111 Å². The van der Waals surface area contributed by atoms with Crippen LogP contribution in [-0.4, -0.2) is 21.3 Å². The zero-order valence-electron chi connectivity index (χ0n) is 9.84. The van der Waals surface area contributed by atoms with Gasteiger partial charge in [0.1, 0.15) is 5.88 Å². The minimum absolute atomic E-state index is 0.00128. The van der Waals surface area contributed by atoms with Crippen LogP contribution in [0.2, 0.25) is 0 Å². The summed E-state index contributed by atoms with van der Waals surface area (Å²) in [4.78, 5) is 15.0. The molecule has 1 amide bonds. The minimum atomic E-state index is -0.154. The van der Waals surface area contributed by atoms with Crippen LogP contribution in [0.25, 0.3) is 0 Å². The lowest BCUT2D eigenvalue weighted by molar-refractivity contribution is -0.118. The highest BCUT2D eigenvalue weighted by atomic mass is 35.5. The first kappa shape index (κ1) is 12.6. The molecule has 5 heteroatoms. The summed E-state index contributed by atoms with van der Waals surface area (Å²) in [5.74, 6) is -0.155. The molecular formula is C13H14ClN3O. The van der Waals surface area contributed by atoms with Crippen molar-refractivity contribution in [2.24, 2.45) is 0 Å². The Bertz CT molecular complexity index is 493. The highest BCUT2D eigenvalue weighted by Crippen LogP contribution is 2.06. The lowest BCUT2D eigenvalue weighted by Gasteiger charge is -2.06. The van der Waals surface area contributed by atoms with Crippen molar-refractivity contribution in [1.82, 2.24) is 14.9 Å². The van der Waals surface area contributed by atoms with Crippen LogP contribution in [0.5, 0.6) is 0 Å². The van der Waals surface area contributed by atoms with E-state index in [9.17, 15) is 4.79 Å². The summed E-state index contributed by atoms with van der Waals surface area (Å²) in [6.45, 7) is 1.31. The van der Waals surface area contributed by atoms with Crippen LogP contribution < -0.4 is 5.32 Å². The van der Waals surface area contributed by atoms with Crippen molar-refractivity contribution >= 4 is 17.5 Å². The van der Waals surface area contributed by atoms with Gasteiger partial charge in [-0.15, -0.1) is 11.6 Å². The Morgan fingerprint density at radius 1 is 1.28 bits per heavy atom. The van der Waals surface area contributed by atoms with E-state index in [1.807, 2.05) is 35.0 Å². The van der Waals surface area contributed by atoms with Crippen LogP contribution in [0.1, 0.15) is 11.1 Å². The van der Waals surface area contributed by atoms with Crippen molar-refractivity contribution in [1.29, 1.82) is 0 Å². The number of halogens is 1. The molecule has 0 spiro atoms. The number of hydrogen-bond donors (Lipinski definition) is 1. The van der Waals surface area contributed by atoms with E-state index >= 15 is 0 Å². The molecule has 0 aliphatic heterocycles. The van der Waals surface area contributed by atoms with Gasteiger partial charge >= 0.3 is 0 Å². The molecule has 0 aliphatic carbocycles. The molecular weight excluding hydrogens is 250 g/mol. The summed E-state index contributed by atoms with van der Waals surface area (Å²) in [7, 11) is 0. The van der Waals surface area contributed by atoms with Crippen LogP contribution in [0.15, 0.2) is 43.0 Å². The quantitative estimate of drug-likeness (QED) is 0.836. The molecule has 0 unspecified atom stereocenters. The zero-order valence-corrected chi connectivity index (χ0v) is 10.6. The van der Waals surface area contributed by atoms with Gasteiger partial charge in [-0.25, -0.2) is 4.98 Å². The Kier molecular flexibility index (Phi) is 4.36. The van der Waals surface area contributed by atoms with Gasteiger partial charge < -0.3 is 9.88 Å². The highest BCUT2D eigenvalue weighted by molar-refractivity contribution is 6.27. The van der Waals surface area contributed by atoms with E-state index in [2.05, 4.69) is 10.3 Å². The van der Waals surface area contributed by atoms with Gasteiger partial charge in [0.2, 0.25) is 5.91 Å². The Morgan fingerprint density at radius 3 is 2.61 bits per heavy atom. The average Bonchev–Trinajstić information content (AvgIpc) is 2.90. The molecule has 2 rings (SSSR count). The van der Waals surface area contributed by atoms with Gasteiger partial charge in [0.05, 0.1) is 6.33 Å². The first-order valence-electron chi connectivity index (χ1n) is 5.64. The highest BCUT2D eigenvalue weighted by Gasteiger charge is 1.99. The maximum Gasteiger partial charge on any atom is 0.235 e. The summed E-state index contributed by atoms with van der Waals surface area (Å²) < 4.78 is 2.00. The van der Waals surface area contributed by atoms with Gasteiger partial charge in [0.25, 0.3) is 0 Å². The number of alkyl halides is 1. The van der Waals surface area contributed by atoms with Crippen molar-refractivity contribution in [3.63, 3.8) is 0 Å². The minimum Gasteiger partial charge on any atom is -0.351 e. The van der Waals surface area contributed by atoms with Crippen molar-refractivity contribution in [2.45, 2.75) is 13.1 Å². The molecule has 0 saturated heterocycles. The van der Waals surface area contributed by atoms with Crippen molar-refractivity contribution < 1.29 is 4.79 Å². The molecule has 94 valence electrons. The summed E-state index contributed by atoms with van der Waals surface area (Å²) in [6.07, 6.45) is 5.47. The van der Waals surface area contributed by atoms with Gasteiger partial charge in [0.15, 0.2) is 0 Å². The van der Waals surface area contributed by atoms with Gasteiger partial charge in [-0.3, -0.25) is 4.79 Å². The number of carbonyl (C=O) groups is 1. The number of imidazole rings is 1. The van der Waals surface area contributed by atoms with E-state index in [0.29, 0.717) is 6.54 Å². The van der Waals surface area contributed by atoms with Crippen LogP contribution >= 0.6 is 11.6 Å². The first-order valence-corrected chi connectivity index (χ1v) is 6.17. The van der Waals surface area contributed by atoms with E-state index in [0.717, 1.165) is 12.1 Å². The number of nitrogens with zero attached hydrogens (tertiary/aromatic N) is 2. The fourth-order valence-corrected chi connectivity index (χ4v) is 1.70. The third-order valence-electron chi connectivity index (χ3n) is 2.56. The maximum atomic E-state index is 11.0. The van der Waals surface area contributed by atoms with Crippen molar-refractivity contribution in [3.05, 3.63) is 54.1 Å². The molecule has 1 aromatic heterocycles. The molecule has 1 N–H and O–H groups in total. The van der Waals surface area contributed by atoms with E-state index in [4.69, 9.17) is 11.6 Å². The largest absolute Gasteiger partial charge is 0.351 e. The number of benzene rings is 1. The molecule has 4 nitrogen and oxygen atoms in total. The first-order chi connectivity index (χ1) is 8.78. The second-order valence-electron chi connectivity index (χ2n) is 3.96. The summed E-state index contributed by atoms with van der Waals surface area (Å²) >= 11 is 5.40. The number of amides is 1. The summed E-state index contributed by atoms with van der Waals surface area (Å²) in [6, 6.07) is 8.09. The predicted molar refractivity (Wildman–Crippen MR) is 70.3 cm³/mol. The molecule has 0 fully saturated rings. The molecule has 1 aromatic carbocycles. The standard InChI is InChI=1S/C13H14ClN3O/c14-7-13(18)16-8-11-1-3-12(4-2-11)9-17-6-5-15-10-17/h1-6,10H,7-9H2,(H,16,18). The topological polar surface area (TPSA) is 46.9 Å². The fraction of sp³-hybridized carbons (Fsp3) is 0.231. The Morgan fingerprint density at radius 2 is 2.00 bits per heavy atom. The third-order valence-corrected chi connectivity index (χ3v) is 2.80. The van der Waals surface area contributed by atoms with Gasteiger partial charge in [0, 0.05) is 25.5 Å². The fourth-order valence-electron chi connectivity index (χ4n) is 1.60. The van der Waals surface area contributed by atoms with Crippen molar-refractivity contribution in [3.8, 4) is 0 Å². The molecule has 0 aliphatic rings. The number of rotatable bonds is 5. The van der Waals surface area contributed by atoms with Gasteiger partial charge in [-0.2, -0.15) is 0 Å². The molecule has 0 atom stereocenters. The number of nitrogens with one attached hydrogen (secondary N) is 1. The summed E-state index contributed by atoms with van der Waals surface area (Å²) in [5.41, 5.74) is 2.25. The Hall–Kier alpha value is -1.81. The lowest BCUT2D eigenvalue weighted by atomic mass is 10.1. The maximum absolute atomic E-state index is 11.0. The number of aromatic nitrogens is 2. The lowest BCUT2D eigenvalue weighted by Crippen LogP contribution is -2.23. The van der Waals surface area contributed by atoms with Crippen LogP contribution in [-0.2, 0) is 17.9 Å². The molecule has 1 heterocycles. The van der Waals surface area contributed by atoms with Crippen LogP contribution in [0.4, 0.5) is 0 Å². The third kappa shape index (κ3) is 3.60. The zero-order chi connectivity index (χ0) is 12.8. The SMILES string of the molecule is O=C(CCl)NCc1ccc(Cn2ccnc2)cc1. The summed E-state index contributed by atoms with van der Waals surface area (Å²) in [5, 5.41) is 2.73. The normalized spacial score (nSPS) is 10.3. The van der Waals surface area contributed by atoms with E-state index < -0.39 is 0 Å². The van der Waals surface area contributed by atoms with Crippen LogP contribution in [0, 0.1) is 0 Å². The van der Waals surface area contributed by atoms with E-state index in [-0.39, 0.29) is 11.8 Å². The monoisotopic (exact) mass is 263 g/mol. The number of hydrogen-bond acceptors (Lipinski definition) is 2. The average molecular weight is 264 g/mol. The molecule has 0 radical (unpaired) electrons. The van der Waals surface area contributed by atoms with Crippen molar-refractivity contribution in [2.75, 3.05) is 5.88 Å². The van der Waals surface area contributed by atoms with Crippen LogP contribution in [0.3, 0.4) is 0 Å². The molecule has 18 heavy (non-hydrogen) atoms. The van der Waals surface area contributed by atoms with E-state index in [1.54, 1.807) is 12.5 Å².